The Kier molecular flexibility index (Phi) is 0.904. The third-order valence-corrected chi connectivity index (χ3v) is 2.38. The average Bonchev–Trinajstić information content (AvgIpc) is 2.35. The van der Waals surface area contributed by atoms with Gasteiger partial charge in [-0.3, -0.25) is 0 Å². The molecule has 0 saturated carbocycles. The largest absolute Gasteiger partial charge is 0.363 e. The second-order valence-corrected chi connectivity index (χ2v) is 3.06. The Hall–Kier alpha value is -0.760. The highest BCUT2D eigenvalue weighted by atomic mass is 32.1. The van der Waals surface area contributed by atoms with Crippen LogP contribution in [0.3, 0.4) is 0 Å². The minimum Gasteiger partial charge on any atom is -0.363 e. The van der Waals surface area contributed by atoms with Crippen molar-refractivity contribution in [2.45, 2.75) is 6.92 Å². The lowest BCUT2D eigenvalue weighted by molar-refractivity contribution is 1.28. The van der Waals surface area contributed by atoms with E-state index in [1.807, 2.05) is 0 Å². The van der Waals surface area contributed by atoms with Gasteiger partial charge in [0.1, 0.15) is 0 Å². The smallest absolute Gasteiger partial charge is 0.0520 e. The molecule has 0 unspecified atom stereocenters. The molecular weight excluding hydrogens is 130 g/mol. The summed E-state index contributed by atoms with van der Waals surface area (Å²) < 4.78 is 1.35. The fourth-order valence-electron chi connectivity index (χ4n) is 0.994. The first-order valence-electron chi connectivity index (χ1n) is 2.89. The van der Waals surface area contributed by atoms with Crippen LogP contribution in [0.2, 0.25) is 0 Å². The number of aromatic amines is 1. The van der Waals surface area contributed by atoms with Gasteiger partial charge in [0.2, 0.25) is 0 Å². The third-order valence-electron chi connectivity index (χ3n) is 1.52. The van der Waals surface area contributed by atoms with Crippen LogP contribution in [0.5, 0.6) is 0 Å². The first-order valence-corrected chi connectivity index (χ1v) is 3.77. The van der Waals surface area contributed by atoms with Crippen LogP contribution >= 0.6 is 11.3 Å². The molecule has 1 N–H and O–H groups in total. The number of nitrogens with one attached hydrogen (secondary N) is 1. The van der Waals surface area contributed by atoms with E-state index >= 15 is 0 Å². The van der Waals surface area contributed by atoms with Crippen LogP contribution in [0.4, 0.5) is 0 Å². The second-order valence-electron chi connectivity index (χ2n) is 2.11. The summed E-state index contributed by atoms with van der Waals surface area (Å²) in [7, 11) is 0. The molecule has 0 atom stereocenters. The maximum Gasteiger partial charge on any atom is 0.0520 e. The minimum absolute atomic E-state index is 1.27. The second kappa shape index (κ2) is 1.61. The summed E-state index contributed by atoms with van der Waals surface area (Å²) >= 11 is 1.78. The maximum atomic E-state index is 3.17. The average molecular weight is 137 g/mol. The lowest BCUT2D eigenvalue weighted by Crippen LogP contribution is -1.63. The van der Waals surface area contributed by atoms with E-state index < -0.39 is 0 Å². The molecule has 0 aliphatic heterocycles. The van der Waals surface area contributed by atoms with Crippen molar-refractivity contribution in [2.75, 3.05) is 0 Å². The number of aryl methyl sites for hydroxylation is 1. The van der Waals surface area contributed by atoms with E-state index in [0.29, 0.717) is 0 Å². The van der Waals surface area contributed by atoms with Crippen LogP contribution in [-0.4, -0.2) is 4.98 Å². The van der Waals surface area contributed by atoms with Gasteiger partial charge >= 0.3 is 0 Å². The molecule has 0 radical (unpaired) electrons. The molecule has 0 aliphatic carbocycles. The lowest BCUT2D eigenvalue weighted by Gasteiger charge is -1.77. The molecule has 2 rings (SSSR count). The number of fused-ring (bicyclic) bond motifs is 1. The van der Waals surface area contributed by atoms with Crippen molar-refractivity contribution in [1.82, 2.24) is 4.98 Å². The summed E-state index contributed by atoms with van der Waals surface area (Å²) in [6.45, 7) is 2.09. The SMILES string of the molecule is Cc1[nH]cc2sccc12. The predicted octanol–water partition coefficient (Wildman–Crippen LogP) is 2.54. The van der Waals surface area contributed by atoms with Gasteiger partial charge in [0.15, 0.2) is 0 Å². The number of H-pyrrole nitrogens is 1. The molecular formula is C7H7NS. The molecule has 0 amide bonds. The monoisotopic (exact) mass is 137 g/mol. The molecule has 0 aliphatic rings. The quantitative estimate of drug-likeness (QED) is 0.574. The molecule has 46 valence electrons. The molecule has 0 aromatic carbocycles. The van der Waals surface area contributed by atoms with Gasteiger partial charge in [-0.15, -0.1) is 11.3 Å². The first kappa shape index (κ1) is 5.06. The lowest BCUT2D eigenvalue weighted by atomic mass is 10.3. The molecule has 2 aromatic rings. The normalized spacial score (nSPS) is 10.8. The van der Waals surface area contributed by atoms with Gasteiger partial charge < -0.3 is 4.98 Å². The Morgan fingerprint density at radius 3 is 3.22 bits per heavy atom. The fourth-order valence-corrected chi connectivity index (χ4v) is 1.82. The summed E-state index contributed by atoms with van der Waals surface area (Å²) in [6.07, 6.45) is 2.05. The number of aromatic nitrogens is 1. The first-order chi connectivity index (χ1) is 4.38. The maximum absolute atomic E-state index is 3.17. The number of hydrogen-bond donors (Lipinski definition) is 1. The van der Waals surface area contributed by atoms with E-state index in [2.05, 4.69) is 29.6 Å². The van der Waals surface area contributed by atoms with Gasteiger partial charge in [0, 0.05) is 17.3 Å². The molecule has 2 heteroatoms. The standard InChI is InChI=1S/C7H7NS/c1-5-6-2-3-9-7(6)4-8-5/h2-4,8H,1H3. The van der Waals surface area contributed by atoms with Crippen molar-refractivity contribution in [2.24, 2.45) is 0 Å². The number of hydrogen-bond acceptors (Lipinski definition) is 1. The molecule has 2 aromatic heterocycles. The molecule has 0 bridgehead atoms. The van der Waals surface area contributed by atoms with E-state index in [1.165, 1.54) is 15.8 Å². The van der Waals surface area contributed by atoms with Crippen LogP contribution in [0.1, 0.15) is 5.69 Å². The number of thiophene rings is 1. The summed E-state index contributed by atoms with van der Waals surface area (Å²) in [5, 5.41) is 3.48. The molecule has 2 heterocycles. The highest BCUT2D eigenvalue weighted by Gasteiger charge is 1.96. The van der Waals surface area contributed by atoms with E-state index in [-0.39, 0.29) is 0 Å². The topological polar surface area (TPSA) is 15.8 Å². The zero-order valence-corrected chi connectivity index (χ0v) is 5.96. The molecule has 0 spiro atoms. The summed E-state index contributed by atoms with van der Waals surface area (Å²) in [6, 6.07) is 2.14. The Balaban J connectivity index is 2.99. The Labute approximate surface area is 57.3 Å². The van der Waals surface area contributed by atoms with E-state index in [9.17, 15) is 0 Å². The fraction of sp³-hybridized carbons (Fsp3) is 0.143. The Morgan fingerprint density at radius 2 is 2.44 bits per heavy atom. The van der Waals surface area contributed by atoms with Crippen molar-refractivity contribution >= 4 is 21.4 Å². The molecule has 0 fully saturated rings. The van der Waals surface area contributed by atoms with Crippen LogP contribution in [0.15, 0.2) is 17.6 Å². The summed E-state index contributed by atoms with van der Waals surface area (Å²) in [4.78, 5) is 3.17. The van der Waals surface area contributed by atoms with Crippen molar-refractivity contribution in [3.63, 3.8) is 0 Å². The van der Waals surface area contributed by atoms with Crippen molar-refractivity contribution in [3.8, 4) is 0 Å². The van der Waals surface area contributed by atoms with Gasteiger partial charge in [-0.1, -0.05) is 0 Å². The highest BCUT2D eigenvalue weighted by Crippen LogP contribution is 2.22. The van der Waals surface area contributed by atoms with Crippen LogP contribution in [0.25, 0.3) is 10.1 Å². The van der Waals surface area contributed by atoms with E-state index in [0.717, 1.165) is 0 Å². The van der Waals surface area contributed by atoms with Crippen LogP contribution in [-0.2, 0) is 0 Å². The van der Waals surface area contributed by atoms with E-state index in [1.54, 1.807) is 11.3 Å². The third kappa shape index (κ3) is 0.598. The van der Waals surface area contributed by atoms with Gasteiger partial charge in [0.05, 0.1) is 4.70 Å². The number of rotatable bonds is 0. The zero-order valence-electron chi connectivity index (χ0n) is 5.14. The van der Waals surface area contributed by atoms with Gasteiger partial charge in [-0.05, 0) is 18.4 Å². The Bertz CT molecular complexity index is 318. The van der Waals surface area contributed by atoms with Crippen LogP contribution in [0, 0.1) is 6.92 Å². The van der Waals surface area contributed by atoms with Crippen molar-refractivity contribution in [3.05, 3.63) is 23.3 Å². The summed E-state index contributed by atoms with van der Waals surface area (Å²) in [5.74, 6) is 0. The molecule has 9 heavy (non-hydrogen) atoms. The minimum atomic E-state index is 1.27. The summed E-state index contributed by atoms with van der Waals surface area (Å²) in [5.41, 5.74) is 1.27. The Morgan fingerprint density at radius 1 is 1.56 bits per heavy atom. The highest BCUT2D eigenvalue weighted by molar-refractivity contribution is 7.17. The van der Waals surface area contributed by atoms with Gasteiger partial charge in [0.25, 0.3) is 0 Å². The zero-order chi connectivity index (χ0) is 6.27. The van der Waals surface area contributed by atoms with Gasteiger partial charge in [-0.25, -0.2) is 0 Å². The van der Waals surface area contributed by atoms with Crippen molar-refractivity contribution in [1.29, 1.82) is 0 Å². The molecule has 1 nitrogen and oxygen atoms in total. The molecule has 0 saturated heterocycles. The van der Waals surface area contributed by atoms with Crippen LogP contribution < -0.4 is 0 Å². The predicted molar refractivity (Wildman–Crippen MR) is 40.9 cm³/mol. The van der Waals surface area contributed by atoms with E-state index in [4.69, 9.17) is 0 Å². The van der Waals surface area contributed by atoms with Crippen molar-refractivity contribution < 1.29 is 0 Å². The van der Waals surface area contributed by atoms with Gasteiger partial charge in [-0.2, -0.15) is 0 Å².